The zero-order valence-electron chi connectivity index (χ0n) is 10.2. The smallest absolute Gasteiger partial charge is 0.128 e. The predicted octanol–water partition coefficient (Wildman–Crippen LogP) is 2.72. The van der Waals surface area contributed by atoms with Crippen LogP contribution >= 0.6 is 11.6 Å². The molecule has 0 aliphatic carbocycles. The van der Waals surface area contributed by atoms with Gasteiger partial charge in [0.2, 0.25) is 0 Å². The van der Waals surface area contributed by atoms with Gasteiger partial charge in [-0.1, -0.05) is 18.5 Å². The molecule has 1 aromatic rings. The van der Waals surface area contributed by atoms with Crippen molar-refractivity contribution in [2.45, 2.75) is 26.2 Å². The number of aliphatic hydroxyl groups is 1. The van der Waals surface area contributed by atoms with Crippen molar-refractivity contribution in [3.8, 4) is 0 Å². The largest absolute Gasteiger partial charge is 0.396 e. The molecular formula is C13H19ClN2O. The number of nitrogens with zero attached hydrogens (tertiary/aromatic N) is 2. The molecule has 0 bridgehead atoms. The minimum atomic E-state index is 0.0412. The van der Waals surface area contributed by atoms with E-state index in [-0.39, 0.29) is 12.0 Å². The van der Waals surface area contributed by atoms with Gasteiger partial charge in [0.25, 0.3) is 0 Å². The first-order valence-electron chi connectivity index (χ1n) is 6.16. The second-order valence-electron chi connectivity index (χ2n) is 4.87. The van der Waals surface area contributed by atoms with Crippen LogP contribution in [0.4, 0.5) is 5.82 Å². The number of aromatic nitrogens is 1. The maximum absolute atomic E-state index is 9.58. The molecular weight excluding hydrogens is 236 g/mol. The summed E-state index contributed by atoms with van der Waals surface area (Å²) >= 11 is 5.84. The number of pyridine rings is 1. The summed E-state index contributed by atoms with van der Waals surface area (Å²) in [6, 6.07) is 3.82. The summed E-state index contributed by atoms with van der Waals surface area (Å²) in [6.07, 6.45) is 4.90. The fourth-order valence-electron chi connectivity index (χ4n) is 2.49. The van der Waals surface area contributed by atoms with E-state index in [1.54, 1.807) is 6.20 Å². The minimum Gasteiger partial charge on any atom is -0.396 e. The van der Waals surface area contributed by atoms with E-state index in [2.05, 4.69) is 16.8 Å². The zero-order valence-corrected chi connectivity index (χ0v) is 11.0. The van der Waals surface area contributed by atoms with Crippen LogP contribution in [-0.2, 0) is 0 Å². The number of halogens is 1. The molecule has 4 heteroatoms. The lowest BCUT2D eigenvalue weighted by molar-refractivity contribution is 0.101. The Morgan fingerprint density at radius 3 is 2.94 bits per heavy atom. The van der Waals surface area contributed by atoms with Crippen LogP contribution in [0, 0.1) is 5.41 Å². The van der Waals surface area contributed by atoms with Crippen LogP contribution < -0.4 is 4.90 Å². The van der Waals surface area contributed by atoms with Crippen molar-refractivity contribution in [1.29, 1.82) is 0 Å². The molecule has 17 heavy (non-hydrogen) atoms. The molecule has 1 aliphatic rings. The molecule has 1 fully saturated rings. The maximum Gasteiger partial charge on any atom is 0.128 e. The molecule has 0 radical (unpaired) electrons. The van der Waals surface area contributed by atoms with Gasteiger partial charge in [-0.2, -0.15) is 0 Å². The Morgan fingerprint density at radius 1 is 1.53 bits per heavy atom. The second kappa shape index (κ2) is 5.23. The zero-order chi connectivity index (χ0) is 12.3. The highest BCUT2D eigenvalue weighted by Gasteiger charge is 2.33. The number of piperidine rings is 1. The van der Waals surface area contributed by atoms with Crippen molar-refractivity contribution in [1.82, 2.24) is 4.98 Å². The lowest BCUT2D eigenvalue weighted by Gasteiger charge is -2.41. The number of anilines is 1. The predicted molar refractivity (Wildman–Crippen MR) is 70.5 cm³/mol. The third kappa shape index (κ3) is 2.72. The average molecular weight is 255 g/mol. The van der Waals surface area contributed by atoms with Crippen LogP contribution in [0.3, 0.4) is 0 Å². The Labute approximate surface area is 107 Å². The van der Waals surface area contributed by atoms with Crippen LogP contribution in [-0.4, -0.2) is 29.8 Å². The summed E-state index contributed by atoms with van der Waals surface area (Å²) < 4.78 is 0. The van der Waals surface area contributed by atoms with Gasteiger partial charge in [0.15, 0.2) is 0 Å². The van der Waals surface area contributed by atoms with E-state index in [1.807, 2.05) is 12.1 Å². The van der Waals surface area contributed by atoms with E-state index >= 15 is 0 Å². The Kier molecular flexibility index (Phi) is 3.89. The second-order valence-corrected chi connectivity index (χ2v) is 5.31. The number of rotatable bonds is 3. The van der Waals surface area contributed by atoms with Gasteiger partial charge in [-0.3, -0.25) is 0 Å². The first kappa shape index (κ1) is 12.7. The molecule has 1 aliphatic heterocycles. The van der Waals surface area contributed by atoms with E-state index in [0.717, 1.165) is 38.2 Å². The first-order chi connectivity index (χ1) is 8.19. The van der Waals surface area contributed by atoms with Gasteiger partial charge in [-0.15, -0.1) is 0 Å². The fraction of sp³-hybridized carbons (Fsp3) is 0.615. The van der Waals surface area contributed by atoms with E-state index < -0.39 is 0 Å². The third-order valence-electron chi connectivity index (χ3n) is 3.78. The summed E-state index contributed by atoms with van der Waals surface area (Å²) in [6.45, 7) is 4.30. The van der Waals surface area contributed by atoms with Crippen LogP contribution in [0.25, 0.3) is 0 Å². The van der Waals surface area contributed by atoms with Gasteiger partial charge < -0.3 is 10.0 Å². The van der Waals surface area contributed by atoms with Crippen molar-refractivity contribution in [3.05, 3.63) is 23.4 Å². The first-order valence-corrected chi connectivity index (χ1v) is 6.54. The van der Waals surface area contributed by atoms with Gasteiger partial charge >= 0.3 is 0 Å². The summed E-state index contributed by atoms with van der Waals surface area (Å²) in [7, 11) is 0. The molecule has 1 aromatic heterocycles. The van der Waals surface area contributed by atoms with Gasteiger partial charge in [0, 0.05) is 24.7 Å². The molecule has 3 nitrogen and oxygen atoms in total. The lowest BCUT2D eigenvalue weighted by atomic mass is 9.78. The molecule has 2 heterocycles. The Balaban J connectivity index is 2.14. The Bertz CT molecular complexity index is 362. The molecule has 1 saturated heterocycles. The van der Waals surface area contributed by atoms with E-state index in [9.17, 15) is 5.11 Å². The summed E-state index contributed by atoms with van der Waals surface area (Å²) in [5.74, 6) is 0.959. The Hall–Kier alpha value is -0.800. The quantitative estimate of drug-likeness (QED) is 0.901. The van der Waals surface area contributed by atoms with Crippen molar-refractivity contribution in [2.24, 2.45) is 5.41 Å². The minimum absolute atomic E-state index is 0.0412. The number of aliphatic hydroxyl groups excluding tert-OH is 1. The average Bonchev–Trinajstić information content (AvgIpc) is 2.39. The topological polar surface area (TPSA) is 36.4 Å². The highest BCUT2D eigenvalue weighted by Crippen LogP contribution is 2.34. The normalized spacial score (nSPS) is 25.0. The highest BCUT2D eigenvalue weighted by molar-refractivity contribution is 6.30. The van der Waals surface area contributed by atoms with Crippen molar-refractivity contribution in [2.75, 3.05) is 24.6 Å². The van der Waals surface area contributed by atoms with Crippen molar-refractivity contribution >= 4 is 17.4 Å². The molecule has 0 amide bonds. The molecule has 1 N–H and O–H groups in total. The number of hydrogen-bond donors (Lipinski definition) is 1. The summed E-state index contributed by atoms with van der Waals surface area (Å²) in [5.41, 5.74) is 0.0412. The molecule has 0 unspecified atom stereocenters. The summed E-state index contributed by atoms with van der Waals surface area (Å²) in [4.78, 5) is 6.60. The molecule has 0 saturated carbocycles. The SMILES string of the molecule is CC[C@]1(CO)CCCN(c2ccc(Cl)cn2)C1. The van der Waals surface area contributed by atoms with Crippen LogP contribution in [0.15, 0.2) is 18.3 Å². The van der Waals surface area contributed by atoms with Gasteiger partial charge in [0.1, 0.15) is 5.82 Å². The van der Waals surface area contributed by atoms with Gasteiger partial charge in [-0.05, 0) is 31.4 Å². The van der Waals surface area contributed by atoms with Crippen molar-refractivity contribution < 1.29 is 5.11 Å². The van der Waals surface area contributed by atoms with Crippen LogP contribution in [0.2, 0.25) is 5.02 Å². The van der Waals surface area contributed by atoms with E-state index in [1.165, 1.54) is 0 Å². The highest BCUT2D eigenvalue weighted by atomic mass is 35.5. The van der Waals surface area contributed by atoms with Gasteiger partial charge in [0.05, 0.1) is 11.6 Å². The van der Waals surface area contributed by atoms with E-state index in [4.69, 9.17) is 11.6 Å². The molecule has 2 rings (SSSR count). The molecule has 1 atom stereocenters. The number of hydrogen-bond acceptors (Lipinski definition) is 3. The lowest BCUT2D eigenvalue weighted by Crippen LogP contribution is -2.45. The monoisotopic (exact) mass is 254 g/mol. The molecule has 0 spiro atoms. The fourth-order valence-corrected chi connectivity index (χ4v) is 2.60. The maximum atomic E-state index is 9.58. The van der Waals surface area contributed by atoms with Crippen molar-refractivity contribution in [3.63, 3.8) is 0 Å². The standard InChI is InChI=1S/C13H19ClN2O/c1-2-13(10-17)6-3-7-16(9-13)12-5-4-11(14)8-15-12/h4-5,8,17H,2-3,6-7,9-10H2,1H3/t13-/m0/s1. The van der Waals surface area contributed by atoms with Crippen LogP contribution in [0.5, 0.6) is 0 Å². The van der Waals surface area contributed by atoms with Crippen LogP contribution in [0.1, 0.15) is 26.2 Å². The van der Waals surface area contributed by atoms with Gasteiger partial charge in [-0.25, -0.2) is 4.98 Å². The summed E-state index contributed by atoms with van der Waals surface area (Å²) in [5, 5.41) is 10.2. The van der Waals surface area contributed by atoms with E-state index in [0.29, 0.717) is 5.02 Å². The third-order valence-corrected chi connectivity index (χ3v) is 4.01. The molecule has 0 aromatic carbocycles. The molecule has 94 valence electrons. The Morgan fingerprint density at radius 2 is 2.35 bits per heavy atom.